The molecule has 0 amide bonds. The summed E-state index contributed by atoms with van der Waals surface area (Å²) >= 11 is 0. The molecule has 0 bridgehead atoms. The van der Waals surface area contributed by atoms with Crippen molar-refractivity contribution in [3.05, 3.63) is 29.8 Å². The van der Waals surface area contributed by atoms with Crippen molar-refractivity contribution in [3.8, 4) is 5.75 Å². The maximum absolute atomic E-state index is 13.2. The molecule has 0 aliphatic heterocycles. The summed E-state index contributed by atoms with van der Waals surface area (Å²) in [7, 11) is 3.97. The number of benzene rings is 1. The molecule has 96 valence electrons. The number of ether oxygens (including phenoxy) is 1. The van der Waals surface area contributed by atoms with E-state index < -0.39 is 11.6 Å². The molecular weight excluding hydrogens is 226 g/mol. The van der Waals surface area contributed by atoms with Crippen LogP contribution in [0, 0.1) is 11.6 Å². The summed E-state index contributed by atoms with van der Waals surface area (Å²) in [5.74, 6) is -1.86. The predicted octanol–water partition coefficient (Wildman–Crippen LogP) is 1.49. The summed E-state index contributed by atoms with van der Waals surface area (Å²) in [6, 6.07) is 3.91. The first-order valence-electron chi connectivity index (χ1n) is 5.53. The highest BCUT2D eigenvalue weighted by molar-refractivity contribution is 5.24. The van der Waals surface area contributed by atoms with Crippen LogP contribution < -0.4 is 10.1 Å². The number of rotatable bonds is 7. The van der Waals surface area contributed by atoms with E-state index in [0.717, 1.165) is 19.2 Å². The third kappa shape index (κ3) is 5.10. The number of halogens is 2. The molecule has 5 heteroatoms. The summed E-state index contributed by atoms with van der Waals surface area (Å²) in [6.07, 6.45) is 0. The lowest BCUT2D eigenvalue weighted by Gasteiger charge is -2.11. The normalized spacial score (nSPS) is 10.9. The lowest BCUT2D eigenvalue weighted by Crippen LogP contribution is -2.29. The lowest BCUT2D eigenvalue weighted by atomic mass is 10.3. The standard InChI is InChI=1S/C12H18F2N2O/c1-16(2)8-6-15-7-9-17-11-5-3-4-10(13)12(11)14/h3-5,15H,6-9H2,1-2H3. The monoisotopic (exact) mass is 244 g/mol. The minimum atomic E-state index is -0.930. The van der Waals surface area contributed by atoms with Crippen molar-refractivity contribution in [1.82, 2.24) is 10.2 Å². The van der Waals surface area contributed by atoms with E-state index in [1.165, 1.54) is 12.1 Å². The van der Waals surface area contributed by atoms with Crippen LogP contribution in [0.15, 0.2) is 18.2 Å². The van der Waals surface area contributed by atoms with Crippen LogP contribution in [0.5, 0.6) is 5.75 Å². The summed E-state index contributed by atoms with van der Waals surface area (Å²) < 4.78 is 31.1. The maximum Gasteiger partial charge on any atom is 0.200 e. The molecule has 17 heavy (non-hydrogen) atoms. The number of hydrogen-bond donors (Lipinski definition) is 1. The van der Waals surface area contributed by atoms with E-state index in [4.69, 9.17) is 4.74 Å². The Balaban J connectivity index is 2.20. The molecule has 0 saturated heterocycles. The van der Waals surface area contributed by atoms with Crippen molar-refractivity contribution < 1.29 is 13.5 Å². The van der Waals surface area contributed by atoms with E-state index >= 15 is 0 Å². The minimum absolute atomic E-state index is 0.0422. The summed E-state index contributed by atoms with van der Waals surface area (Å²) in [6.45, 7) is 2.67. The topological polar surface area (TPSA) is 24.5 Å². The van der Waals surface area contributed by atoms with E-state index in [1.807, 2.05) is 14.1 Å². The Kier molecular flexibility index (Phi) is 5.86. The van der Waals surface area contributed by atoms with Gasteiger partial charge in [-0.05, 0) is 26.2 Å². The molecule has 0 radical (unpaired) electrons. The van der Waals surface area contributed by atoms with Gasteiger partial charge in [0.15, 0.2) is 11.6 Å². The van der Waals surface area contributed by atoms with Gasteiger partial charge in [0, 0.05) is 19.6 Å². The van der Waals surface area contributed by atoms with Crippen molar-refractivity contribution in [2.45, 2.75) is 0 Å². The SMILES string of the molecule is CN(C)CCNCCOc1cccc(F)c1F. The Morgan fingerprint density at radius 3 is 2.71 bits per heavy atom. The van der Waals surface area contributed by atoms with E-state index in [0.29, 0.717) is 13.2 Å². The quantitative estimate of drug-likeness (QED) is 0.736. The van der Waals surface area contributed by atoms with Crippen molar-refractivity contribution in [3.63, 3.8) is 0 Å². The lowest BCUT2D eigenvalue weighted by molar-refractivity contribution is 0.289. The number of hydrogen-bond acceptors (Lipinski definition) is 3. The van der Waals surface area contributed by atoms with Crippen LogP contribution in [0.2, 0.25) is 0 Å². The summed E-state index contributed by atoms with van der Waals surface area (Å²) in [5.41, 5.74) is 0. The second-order valence-corrected chi connectivity index (χ2v) is 3.95. The summed E-state index contributed by atoms with van der Waals surface area (Å²) in [4.78, 5) is 2.06. The highest BCUT2D eigenvalue weighted by Crippen LogP contribution is 2.18. The van der Waals surface area contributed by atoms with Crippen LogP contribution in [-0.2, 0) is 0 Å². The molecule has 1 aromatic carbocycles. The molecule has 0 heterocycles. The van der Waals surface area contributed by atoms with Gasteiger partial charge in [0.1, 0.15) is 6.61 Å². The zero-order chi connectivity index (χ0) is 12.7. The van der Waals surface area contributed by atoms with E-state index in [9.17, 15) is 8.78 Å². The molecule has 0 aliphatic rings. The fraction of sp³-hybridized carbons (Fsp3) is 0.500. The average molecular weight is 244 g/mol. The first-order chi connectivity index (χ1) is 8.11. The van der Waals surface area contributed by atoms with Gasteiger partial charge in [-0.3, -0.25) is 0 Å². The second-order valence-electron chi connectivity index (χ2n) is 3.95. The highest BCUT2D eigenvalue weighted by Gasteiger charge is 2.07. The predicted molar refractivity (Wildman–Crippen MR) is 63.3 cm³/mol. The van der Waals surface area contributed by atoms with Crippen molar-refractivity contribution in [2.24, 2.45) is 0 Å². The maximum atomic E-state index is 13.2. The van der Waals surface area contributed by atoms with Crippen LogP contribution in [0.1, 0.15) is 0 Å². The van der Waals surface area contributed by atoms with Gasteiger partial charge in [-0.1, -0.05) is 6.07 Å². The number of nitrogens with zero attached hydrogens (tertiary/aromatic N) is 1. The first kappa shape index (κ1) is 13.9. The van der Waals surface area contributed by atoms with E-state index in [-0.39, 0.29) is 5.75 Å². The molecule has 0 aromatic heterocycles. The fourth-order valence-corrected chi connectivity index (χ4v) is 1.26. The fourth-order valence-electron chi connectivity index (χ4n) is 1.26. The van der Waals surface area contributed by atoms with E-state index in [2.05, 4.69) is 10.2 Å². The van der Waals surface area contributed by atoms with Crippen molar-refractivity contribution >= 4 is 0 Å². The Bertz CT molecular complexity index is 345. The number of likely N-dealkylation sites (N-methyl/N-ethyl adjacent to an activating group) is 1. The van der Waals surface area contributed by atoms with Crippen molar-refractivity contribution in [1.29, 1.82) is 0 Å². The van der Waals surface area contributed by atoms with Gasteiger partial charge in [0.25, 0.3) is 0 Å². The van der Waals surface area contributed by atoms with Crippen LogP contribution in [0.25, 0.3) is 0 Å². The van der Waals surface area contributed by atoms with Gasteiger partial charge in [-0.15, -0.1) is 0 Å². The Labute approximate surface area is 100 Å². The molecule has 1 aromatic rings. The molecule has 0 aliphatic carbocycles. The first-order valence-corrected chi connectivity index (χ1v) is 5.53. The molecule has 0 unspecified atom stereocenters. The largest absolute Gasteiger partial charge is 0.489 e. The third-order valence-electron chi connectivity index (χ3n) is 2.19. The molecule has 1 N–H and O–H groups in total. The van der Waals surface area contributed by atoms with Gasteiger partial charge >= 0.3 is 0 Å². The molecular formula is C12H18F2N2O. The molecule has 1 rings (SSSR count). The Morgan fingerprint density at radius 2 is 2.00 bits per heavy atom. The average Bonchev–Trinajstić information content (AvgIpc) is 2.28. The van der Waals surface area contributed by atoms with Gasteiger partial charge in [-0.2, -0.15) is 4.39 Å². The minimum Gasteiger partial charge on any atom is -0.489 e. The van der Waals surface area contributed by atoms with Crippen LogP contribution in [0.3, 0.4) is 0 Å². The Hall–Kier alpha value is -1.20. The zero-order valence-corrected chi connectivity index (χ0v) is 10.2. The highest BCUT2D eigenvalue weighted by atomic mass is 19.2. The van der Waals surface area contributed by atoms with Crippen LogP contribution in [0.4, 0.5) is 8.78 Å². The van der Waals surface area contributed by atoms with Gasteiger partial charge in [0.2, 0.25) is 5.82 Å². The molecule has 0 spiro atoms. The Morgan fingerprint density at radius 1 is 1.24 bits per heavy atom. The molecule has 0 fully saturated rings. The summed E-state index contributed by atoms with van der Waals surface area (Å²) in [5, 5.41) is 3.14. The van der Waals surface area contributed by atoms with E-state index in [1.54, 1.807) is 0 Å². The number of nitrogens with one attached hydrogen (secondary N) is 1. The molecule has 0 atom stereocenters. The van der Waals surface area contributed by atoms with Gasteiger partial charge in [0.05, 0.1) is 0 Å². The molecule has 3 nitrogen and oxygen atoms in total. The van der Waals surface area contributed by atoms with Crippen LogP contribution >= 0.6 is 0 Å². The zero-order valence-electron chi connectivity index (χ0n) is 10.2. The van der Waals surface area contributed by atoms with Crippen molar-refractivity contribution in [2.75, 3.05) is 40.3 Å². The van der Waals surface area contributed by atoms with Crippen LogP contribution in [-0.4, -0.2) is 45.2 Å². The van der Waals surface area contributed by atoms with Gasteiger partial charge in [-0.25, -0.2) is 4.39 Å². The van der Waals surface area contributed by atoms with Gasteiger partial charge < -0.3 is 15.0 Å². The molecule has 0 saturated carbocycles. The second kappa shape index (κ2) is 7.19. The smallest absolute Gasteiger partial charge is 0.200 e. The third-order valence-corrected chi connectivity index (χ3v) is 2.19.